The standard InChI is InChI=1S/C13H10Cl2O2/c1-2-11-8(6-7-17-11)13(16)9-4-3-5-10(14)12(9)15/h3-7H,2H2,1H3. The van der Waals surface area contributed by atoms with Crippen LogP contribution in [0.4, 0.5) is 0 Å². The molecule has 0 amide bonds. The number of benzene rings is 1. The van der Waals surface area contributed by atoms with E-state index in [0.29, 0.717) is 28.3 Å². The van der Waals surface area contributed by atoms with Crippen LogP contribution in [0.5, 0.6) is 0 Å². The van der Waals surface area contributed by atoms with E-state index in [0.717, 1.165) is 0 Å². The highest BCUT2D eigenvalue weighted by Gasteiger charge is 2.18. The minimum absolute atomic E-state index is 0.164. The van der Waals surface area contributed by atoms with Crippen LogP contribution < -0.4 is 0 Å². The van der Waals surface area contributed by atoms with Gasteiger partial charge >= 0.3 is 0 Å². The second-order valence-electron chi connectivity index (χ2n) is 3.54. The normalized spacial score (nSPS) is 10.5. The van der Waals surface area contributed by atoms with Crippen LogP contribution in [-0.2, 0) is 6.42 Å². The van der Waals surface area contributed by atoms with Gasteiger partial charge in [-0.3, -0.25) is 4.79 Å². The summed E-state index contributed by atoms with van der Waals surface area (Å²) >= 11 is 11.9. The van der Waals surface area contributed by atoms with Crippen molar-refractivity contribution in [2.24, 2.45) is 0 Å². The SMILES string of the molecule is CCc1occc1C(=O)c1cccc(Cl)c1Cl. The Hall–Kier alpha value is -1.25. The molecule has 0 radical (unpaired) electrons. The molecule has 0 aliphatic heterocycles. The Balaban J connectivity index is 2.48. The number of furan rings is 1. The molecule has 1 aromatic carbocycles. The Kier molecular flexibility index (Phi) is 3.55. The maximum atomic E-state index is 12.3. The lowest BCUT2D eigenvalue weighted by Crippen LogP contribution is -2.03. The van der Waals surface area contributed by atoms with Gasteiger partial charge in [0.25, 0.3) is 0 Å². The quantitative estimate of drug-likeness (QED) is 0.774. The minimum Gasteiger partial charge on any atom is -0.469 e. The summed E-state index contributed by atoms with van der Waals surface area (Å²) in [5.74, 6) is 0.495. The molecule has 1 heterocycles. The molecular weight excluding hydrogens is 259 g/mol. The van der Waals surface area contributed by atoms with Crippen molar-refractivity contribution in [3.8, 4) is 0 Å². The van der Waals surface area contributed by atoms with Crippen molar-refractivity contribution < 1.29 is 9.21 Å². The van der Waals surface area contributed by atoms with Crippen LogP contribution >= 0.6 is 23.2 Å². The second-order valence-corrected chi connectivity index (χ2v) is 4.33. The van der Waals surface area contributed by atoms with E-state index in [1.54, 1.807) is 24.3 Å². The van der Waals surface area contributed by atoms with Gasteiger partial charge in [0.1, 0.15) is 5.76 Å². The fourth-order valence-electron chi connectivity index (χ4n) is 1.64. The maximum Gasteiger partial charge on any atom is 0.198 e. The van der Waals surface area contributed by atoms with E-state index in [2.05, 4.69) is 0 Å². The highest BCUT2D eigenvalue weighted by molar-refractivity contribution is 6.44. The highest BCUT2D eigenvalue weighted by Crippen LogP contribution is 2.28. The van der Waals surface area contributed by atoms with E-state index in [1.165, 1.54) is 6.26 Å². The van der Waals surface area contributed by atoms with Gasteiger partial charge in [-0.05, 0) is 18.2 Å². The van der Waals surface area contributed by atoms with Crippen LogP contribution in [0.2, 0.25) is 10.0 Å². The first-order valence-corrected chi connectivity index (χ1v) is 5.95. The third kappa shape index (κ3) is 2.24. The summed E-state index contributed by atoms with van der Waals surface area (Å²) in [4.78, 5) is 12.3. The second kappa shape index (κ2) is 4.94. The summed E-state index contributed by atoms with van der Waals surface area (Å²) in [6, 6.07) is 6.66. The first-order chi connectivity index (χ1) is 8.15. The average Bonchev–Trinajstić information content (AvgIpc) is 2.80. The lowest BCUT2D eigenvalue weighted by Gasteiger charge is -2.04. The predicted octanol–water partition coefficient (Wildman–Crippen LogP) is 4.38. The van der Waals surface area contributed by atoms with E-state index in [1.807, 2.05) is 6.92 Å². The largest absolute Gasteiger partial charge is 0.469 e. The summed E-state index contributed by atoms with van der Waals surface area (Å²) in [6.07, 6.45) is 2.16. The Morgan fingerprint density at radius 2 is 2.00 bits per heavy atom. The van der Waals surface area contributed by atoms with Crippen LogP contribution in [0.1, 0.15) is 28.6 Å². The summed E-state index contributed by atoms with van der Waals surface area (Å²) in [7, 11) is 0. The Morgan fingerprint density at radius 3 is 2.71 bits per heavy atom. The van der Waals surface area contributed by atoms with Crippen LogP contribution in [0, 0.1) is 0 Å². The molecule has 0 atom stereocenters. The number of hydrogen-bond donors (Lipinski definition) is 0. The van der Waals surface area contributed by atoms with Gasteiger partial charge in [0.2, 0.25) is 0 Å². The number of carbonyl (C=O) groups excluding carboxylic acids is 1. The van der Waals surface area contributed by atoms with Gasteiger partial charge in [0.05, 0.1) is 21.9 Å². The zero-order valence-electron chi connectivity index (χ0n) is 9.17. The Bertz CT molecular complexity index is 558. The van der Waals surface area contributed by atoms with Crippen LogP contribution in [-0.4, -0.2) is 5.78 Å². The molecular formula is C13H10Cl2O2. The molecule has 4 heteroatoms. The number of carbonyl (C=O) groups is 1. The number of halogens is 2. The topological polar surface area (TPSA) is 30.2 Å². The number of rotatable bonds is 3. The smallest absolute Gasteiger partial charge is 0.198 e. The fourth-order valence-corrected chi connectivity index (χ4v) is 2.03. The molecule has 17 heavy (non-hydrogen) atoms. The zero-order chi connectivity index (χ0) is 12.4. The molecule has 0 N–H and O–H groups in total. The molecule has 0 spiro atoms. The van der Waals surface area contributed by atoms with E-state index in [-0.39, 0.29) is 10.8 Å². The first kappa shape index (κ1) is 12.2. The van der Waals surface area contributed by atoms with Gasteiger partial charge in [-0.2, -0.15) is 0 Å². The summed E-state index contributed by atoms with van der Waals surface area (Å²) in [6.45, 7) is 1.93. The van der Waals surface area contributed by atoms with Crippen molar-refractivity contribution in [1.29, 1.82) is 0 Å². The van der Waals surface area contributed by atoms with Gasteiger partial charge in [-0.1, -0.05) is 36.2 Å². The summed E-state index contributed by atoms with van der Waals surface area (Å²) in [5.41, 5.74) is 0.937. The molecule has 2 aromatic rings. The number of hydrogen-bond acceptors (Lipinski definition) is 2. The molecule has 0 aliphatic carbocycles. The van der Waals surface area contributed by atoms with E-state index in [9.17, 15) is 4.79 Å². The van der Waals surface area contributed by atoms with Crippen LogP contribution in [0.15, 0.2) is 34.9 Å². The molecule has 0 saturated carbocycles. The molecule has 88 valence electrons. The molecule has 0 fully saturated rings. The molecule has 0 aliphatic rings. The average molecular weight is 269 g/mol. The highest BCUT2D eigenvalue weighted by atomic mass is 35.5. The van der Waals surface area contributed by atoms with Crippen molar-refractivity contribution in [2.45, 2.75) is 13.3 Å². The van der Waals surface area contributed by atoms with Crippen molar-refractivity contribution >= 4 is 29.0 Å². The number of ketones is 1. The Labute approximate surface area is 109 Å². The predicted molar refractivity (Wildman–Crippen MR) is 68.0 cm³/mol. The first-order valence-electron chi connectivity index (χ1n) is 5.20. The van der Waals surface area contributed by atoms with Crippen LogP contribution in [0.25, 0.3) is 0 Å². The van der Waals surface area contributed by atoms with E-state index in [4.69, 9.17) is 27.6 Å². The lowest BCUT2D eigenvalue weighted by atomic mass is 10.0. The van der Waals surface area contributed by atoms with E-state index >= 15 is 0 Å². The molecule has 2 nitrogen and oxygen atoms in total. The third-order valence-corrected chi connectivity index (χ3v) is 3.33. The lowest BCUT2D eigenvalue weighted by molar-refractivity contribution is 0.103. The molecule has 0 saturated heterocycles. The van der Waals surface area contributed by atoms with E-state index < -0.39 is 0 Å². The molecule has 1 aromatic heterocycles. The van der Waals surface area contributed by atoms with Gasteiger partial charge in [-0.25, -0.2) is 0 Å². The third-order valence-electron chi connectivity index (χ3n) is 2.51. The monoisotopic (exact) mass is 268 g/mol. The molecule has 2 rings (SSSR count). The van der Waals surface area contributed by atoms with Gasteiger partial charge in [-0.15, -0.1) is 0 Å². The van der Waals surface area contributed by atoms with Gasteiger partial charge in [0, 0.05) is 12.0 Å². The molecule has 0 unspecified atom stereocenters. The van der Waals surface area contributed by atoms with Gasteiger partial charge < -0.3 is 4.42 Å². The minimum atomic E-state index is -0.164. The van der Waals surface area contributed by atoms with Gasteiger partial charge in [0.15, 0.2) is 5.78 Å². The Morgan fingerprint density at radius 1 is 1.24 bits per heavy atom. The van der Waals surface area contributed by atoms with Crippen molar-refractivity contribution in [2.75, 3.05) is 0 Å². The summed E-state index contributed by atoms with van der Waals surface area (Å²) < 4.78 is 5.23. The maximum absolute atomic E-state index is 12.3. The fraction of sp³-hybridized carbons (Fsp3) is 0.154. The molecule has 0 bridgehead atoms. The summed E-state index contributed by atoms with van der Waals surface area (Å²) in [5, 5.41) is 0.654. The van der Waals surface area contributed by atoms with Crippen molar-refractivity contribution in [3.05, 3.63) is 57.5 Å². The zero-order valence-corrected chi connectivity index (χ0v) is 10.7. The van der Waals surface area contributed by atoms with Crippen LogP contribution in [0.3, 0.4) is 0 Å². The number of aryl methyl sites for hydroxylation is 1. The van der Waals surface area contributed by atoms with Crippen molar-refractivity contribution in [3.63, 3.8) is 0 Å². The van der Waals surface area contributed by atoms with Crippen molar-refractivity contribution in [1.82, 2.24) is 0 Å².